The standard InChI is InChI=1S/C11H13NO3S/c1-12(5-7-2-3-16-6-7)10(13)8-4-9(8)11(14)15/h2-3,6,8-9H,4-5H2,1H3,(H,14,15). The highest BCUT2D eigenvalue weighted by atomic mass is 32.1. The Morgan fingerprint density at radius 1 is 1.56 bits per heavy atom. The Kier molecular flexibility index (Phi) is 2.96. The molecule has 2 atom stereocenters. The van der Waals surface area contributed by atoms with E-state index in [0.29, 0.717) is 13.0 Å². The lowest BCUT2D eigenvalue weighted by atomic mass is 10.2. The summed E-state index contributed by atoms with van der Waals surface area (Å²) in [5.41, 5.74) is 1.09. The molecule has 0 bridgehead atoms. The average Bonchev–Trinajstić information content (AvgIpc) is 2.89. The number of carbonyl (C=O) groups excluding carboxylic acids is 1. The maximum Gasteiger partial charge on any atom is 0.307 e. The van der Waals surface area contributed by atoms with Crippen LogP contribution in [0.2, 0.25) is 0 Å². The molecule has 0 spiro atoms. The number of amides is 1. The molecule has 0 saturated heterocycles. The van der Waals surface area contributed by atoms with Gasteiger partial charge in [0.05, 0.1) is 11.8 Å². The van der Waals surface area contributed by atoms with Crippen LogP contribution in [0.1, 0.15) is 12.0 Å². The number of carboxylic acids is 1. The quantitative estimate of drug-likeness (QED) is 0.864. The second kappa shape index (κ2) is 4.25. The van der Waals surface area contributed by atoms with Gasteiger partial charge < -0.3 is 10.0 Å². The molecule has 1 heterocycles. The van der Waals surface area contributed by atoms with E-state index in [1.807, 2.05) is 16.8 Å². The topological polar surface area (TPSA) is 57.6 Å². The van der Waals surface area contributed by atoms with Crippen molar-refractivity contribution in [3.63, 3.8) is 0 Å². The third-order valence-corrected chi connectivity index (χ3v) is 3.53. The van der Waals surface area contributed by atoms with Gasteiger partial charge in [-0.05, 0) is 28.8 Å². The molecule has 0 radical (unpaired) electrons. The van der Waals surface area contributed by atoms with Crippen molar-refractivity contribution in [2.45, 2.75) is 13.0 Å². The summed E-state index contributed by atoms with van der Waals surface area (Å²) in [6.07, 6.45) is 0.488. The lowest BCUT2D eigenvalue weighted by Crippen LogP contribution is -2.28. The number of hydrogen-bond donors (Lipinski definition) is 1. The highest BCUT2D eigenvalue weighted by Gasteiger charge is 2.49. The third-order valence-electron chi connectivity index (χ3n) is 2.80. The van der Waals surface area contributed by atoms with Crippen molar-refractivity contribution in [1.29, 1.82) is 0 Å². The Morgan fingerprint density at radius 2 is 2.31 bits per heavy atom. The Bertz CT molecular complexity index is 401. The molecule has 1 aromatic rings. The first-order valence-corrected chi connectivity index (χ1v) is 6.02. The van der Waals surface area contributed by atoms with Crippen LogP contribution >= 0.6 is 11.3 Å². The molecule has 1 saturated carbocycles. The van der Waals surface area contributed by atoms with Crippen molar-refractivity contribution >= 4 is 23.2 Å². The Balaban J connectivity index is 1.89. The van der Waals surface area contributed by atoms with Gasteiger partial charge in [0.2, 0.25) is 5.91 Å². The lowest BCUT2D eigenvalue weighted by Gasteiger charge is -2.16. The van der Waals surface area contributed by atoms with Crippen LogP contribution in [0.15, 0.2) is 16.8 Å². The monoisotopic (exact) mass is 239 g/mol. The van der Waals surface area contributed by atoms with Crippen LogP contribution in [0, 0.1) is 11.8 Å². The second-order valence-electron chi connectivity index (χ2n) is 4.11. The van der Waals surface area contributed by atoms with Gasteiger partial charge in [-0.2, -0.15) is 11.3 Å². The van der Waals surface area contributed by atoms with Crippen LogP contribution in [-0.2, 0) is 16.1 Å². The molecule has 86 valence electrons. The first-order valence-electron chi connectivity index (χ1n) is 5.08. The van der Waals surface area contributed by atoms with Crippen LogP contribution in [0.3, 0.4) is 0 Å². The number of hydrogen-bond acceptors (Lipinski definition) is 3. The zero-order valence-electron chi connectivity index (χ0n) is 8.92. The van der Waals surface area contributed by atoms with Crippen molar-refractivity contribution in [3.8, 4) is 0 Å². The van der Waals surface area contributed by atoms with Gasteiger partial charge in [0.1, 0.15) is 0 Å². The van der Waals surface area contributed by atoms with Gasteiger partial charge in [-0.3, -0.25) is 9.59 Å². The number of thiophene rings is 1. The average molecular weight is 239 g/mol. The zero-order chi connectivity index (χ0) is 11.7. The van der Waals surface area contributed by atoms with E-state index in [4.69, 9.17) is 5.11 Å². The van der Waals surface area contributed by atoms with Crippen molar-refractivity contribution in [2.75, 3.05) is 7.05 Å². The van der Waals surface area contributed by atoms with E-state index in [1.165, 1.54) is 0 Å². The summed E-state index contributed by atoms with van der Waals surface area (Å²) in [5.74, 6) is -1.68. The van der Waals surface area contributed by atoms with E-state index in [-0.39, 0.29) is 11.8 Å². The molecule has 2 rings (SSSR count). The molecular formula is C11H13NO3S. The molecule has 1 N–H and O–H groups in total. The molecule has 0 aromatic carbocycles. The second-order valence-corrected chi connectivity index (χ2v) is 4.89. The minimum atomic E-state index is -0.859. The van der Waals surface area contributed by atoms with E-state index in [1.54, 1.807) is 23.3 Å². The lowest BCUT2D eigenvalue weighted by molar-refractivity contribution is -0.141. The molecule has 4 nitrogen and oxygen atoms in total. The first-order chi connectivity index (χ1) is 7.59. The summed E-state index contributed by atoms with van der Waals surface area (Å²) in [5, 5.41) is 12.7. The minimum absolute atomic E-state index is 0.0569. The van der Waals surface area contributed by atoms with E-state index in [2.05, 4.69) is 0 Å². The van der Waals surface area contributed by atoms with Crippen LogP contribution in [0.4, 0.5) is 0 Å². The summed E-state index contributed by atoms with van der Waals surface area (Å²) in [6.45, 7) is 0.561. The maximum atomic E-state index is 11.8. The van der Waals surface area contributed by atoms with Crippen LogP contribution in [0.25, 0.3) is 0 Å². The fraction of sp³-hybridized carbons (Fsp3) is 0.455. The van der Waals surface area contributed by atoms with Gasteiger partial charge in [0.15, 0.2) is 0 Å². The Hall–Kier alpha value is -1.36. The number of aliphatic carboxylic acids is 1. The summed E-state index contributed by atoms with van der Waals surface area (Å²) in [4.78, 5) is 24.1. The normalized spacial score (nSPS) is 22.8. The molecule has 1 fully saturated rings. The molecule has 5 heteroatoms. The fourth-order valence-corrected chi connectivity index (χ4v) is 2.42. The molecular weight excluding hydrogens is 226 g/mol. The predicted octanol–water partition coefficient (Wildman–Crippen LogP) is 1.43. The van der Waals surface area contributed by atoms with Crippen LogP contribution in [-0.4, -0.2) is 28.9 Å². The van der Waals surface area contributed by atoms with Gasteiger partial charge in [0.25, 0.3) is 0 Å². The molecule has 0 aliphatic heterocycles. The van der Waals surface area contributed by atoms with Gasteiger partial charge in [-0.1, -0.05) is 0 Å². The molecule has 2 unspecified atom stereocenters. The van der Waals surface area contributed by atoms with Crippen molar-refractivity contribution in [2.24, 2.45) is 11.8 Å². The van der Waals surface area contributed by atoms with E-state index < -0.39 is 11.9 Å². The number of rotatable bonds is 4. The zero-order valence-corrected chi connectivity index (χ0v) is 9.74. The predicted molar refractivity (Wildman–Crippen MR) is 60.0 cm³/mol. The van der Waals surface area contributed by atoms with Crippen molar-refractivity contribution in [3.05, 3.63) is 22.4 Å². The van der Waals surface area contributed by atoms with Crippen molar-refractivity contribution in [1.82, 2.24) is 4.90 Å². The molecule has 1 amide bonds. The van der Waals surface area contributed by atoms with Crippen LogP contribution < -0.4 is 0 Å². The van der Waals surface area contributed by atoms with E-state index in [9.17, 15) is 9.59 Å². The van der Waals surface area contributed by atoms with Gasteiger partial charge in [-0.25, -0.2) is 0 Å². The summed E-state index contributed by atoms with van der Waals surface area (Å²) in [7, 11) is 1.72. The van der Waals surface area contributed by atoms with Crippen molar-refractivity contribution < 1.29 is 14.7 Å². The number of carbonyl (C=O) groups is 2. The van der Waals surface area contributed by atoms with Gasteiger partial charge >= 0.3 is 5.97 Å². The fourth-order valence-electron chi connectivity index (χ4n) is 1.76. The maximum absolute atomic E-state index is 11.8. The largest absolute Gasteiger partial charge is 0.481 e. The Morgan fingerprint density at radius 3 is 2.81 bits per heavy atom. The minimum Gasteiger partial charge on any atom is -0.481 e. The SMILES string of the molecule is CN(Cc1ccsc1)C(=O)C1CC1C(=O)O. The highest BCUT2D eigenvalue weighted by molar-refractivity contribution is 7.07. The summed E-state index contributed by atoms with van der Waals surface area (Å²) < 4.78 is 0. The summed E-state index contributed by atoms with van der Waals surface area (Å²) >= 11 is 1.59. The highest BCUT2D eigenvalue weighted by Crippen LogP contribution is 2.40. The third kappa shape index (κ3) is 2.24. The molecule has 1 aromatic heterocycles. The first kappa shape index (κ1) is 11.1. The smallest absolute Gasteiger partial charge is 0.307 e. The van der Waals surface area contributed by atoms with E-state index in [0.717, 1.165) is 5.56 Å². The molecule has 16 heavy (non-hydrogen) atoms. The number of nitrogens with zero attached hydrogens (tertiary/aromatic N) is 1. The van der Waals surface area contributed by atoms with E-state index >= 15 is 0 Å². The van der Waals surface area contributed by atoms with Gasteiger partial charge in [-0.15, -0.1) is 0 Å². The summed E-state index contributed by atoms with van der Waals surface area (Å²) in [6, 6.07) is 1.97. The van der Waals surface area contributed by atoms with Crippen LogP contribution in [0.5, 0.6) is 0 Å². The molecule has 1 aliphatic carbocycles. The number of carboxylic acid groups (broad SMARTS) is 1. The molecule has 1 aliphatic rings. The van der Waals surface area contributed by atoms with Gasteiger partial charge in [0, 0.05) is 13.6 Å². The Labute approximate surface area is 97.5 Å².